The highest BCUT2D eigenvalue weighted by Crippen LogP contribution is 2.26. The maximum absolute atomic E-state index is 14.6. The van der Waals surface area contributed by atoms with Gasteiger partial charge < -0.3 is 9.88 Å². The second kappa shape index (κ2) is 8.02. The Morgan fingerprint density at radius 3 is 2.48 bits per heavy atom. The zero-order valence-electron chi connectivity index (χ0n) is 18.2. The summed E-state index contributed by atoms with van der Waals surface area (Å²) in [6.07, 6.45) is 1.95. The van der Waals surface area contributed by atoms with Crippen molar-refractivity contribution >= 4 is 16.8 Å². The molecule has 1 atom stereocenters. The third-order valence-corrected chi connectivity index (χ3v) is 5.27. The highest BCUT2D eigenvalue weighted by Gasteiger charge is 2.19. The Kier molecular flexibility index (Phi) is 5.83. The SMILES string of the molecule is CC(C)Cn1ccc2cc(F)c(C(=O)N[C@@H](C)c3cccc(C(C)(C)C)c3)cc21. The molecule has 1 N–H and O–H groups in total. The Morgan fingerprint density at radius 2 is 1.83 bits per heavy atom. The van der Waals surface area contributed by atoms with Crippen molar-refractivity contribution in [2.75, 3.05) is 0 Å². The van der Waals surface area contributed by atoms with E-state index in [4.69, 9.17) is 0 Å². The molecule has 0 aliphatic heterocycles. The second-order valence-corrected chi connectivity index (χ2v) is 9.32. The molecule has 0 fully saturated rings. The zero-order valence-corrected chi connectivity index (χ0v) is 18.2. The first-order chi connectivity index (χ1) is 13.6. The van der Waals surface area contributed by atoms with Crippen LogP contribution in [0.1, 0.15) is 69.1 Å². The summed E-state index contributed by atoms with van der Waals surface area (Å²) in [6, 6.07) is 13.0. The molecule has 3 nitrogen and oxygen atoms in total. The van der Waals surface area contributed by atoms with Gasteiger partial charge in [-0.15, -0.1) is 0 Å². The normalized spacial score (nSPS) is 13.1. The van der Waals surface area contributed by atoms with E-state index >= 15 is 0 Å². The molecule has 1 amide bonds. The van der Waals surface area contributed by atoms with Gasteiger partial charge >= 0.3 is 0 Å². The van der Waals surface area contributed by atoms with Crippen LogP contribution in [-0.4, -0.2) is 10.5 Å². The lowest BCUT2D eigenvalue weighted by atomic mass is 9.85. The van der Waals surface area contributed by atoms with Crippen LogP contribution in [-0.2, 0) is 12.0 Å². The first-order valence-electron chi connectivity index (χ1n) is 10.3. The fourth-order valence-electron chi connectivity index (χ4n) is 3.57. The fraction of sp³-hybridized carbons (Fsp3) is 0.400. The van der Waals surface area contributed by atoms with Crippen molar-refractivity contribution in [3.8, 4) is 0 Å². The minimum atomic E-state index is -0.493. The summed E-state index contributed by atoms with van der Waals surface area (Å²) in [7, 11) is 0. The molecule has 4 heteroatoms. The summed E-state index contributed by atoms with van der Waals surface area (Å²) >= 11 is 0. The second-order valence-electron chi connectivity index (χ2n) is 9.32. The molecule has 29 heavy (non-hydrogen) atoms. The number of aromatic nitrogens is 1. The van der Waals surface area contributed by atoms with Crippen molar-refractivity contribution in [3.05, 3.63) is 71.2 Å². The van der Waals surface area contributed by atoms with Crippen LogP contribution in [0.25, 0.3) is 10.9 Å². The van der Waals surface area contributed by atoms with E-state index in [1.165, 1.54) is 11.6 Å². The van der Waals surface area contributed by atoms with E-state index in [0.717, 1.165) is 23.0 Å². The van der Waals surface area contributed by atoms with Gasteiger partial charge in [0.1, 0.15) is 5.82 Å². The number of hydrogen-bond donors (Lipinski definition) is 1. The van der Waals surface area contributed by atoms with Crippen molar-refractivity contribution in [2.24, 2.45) is 5.92 Å². The highest BCUT2D eigenvalue weighted by molar-refractivity contribution is 5.98. The first kappa shape index (κ1) is 21.1. The summed E-state index contributed by atoms with van der Waals surface area (Å²) in [5.41, 5.74) is 3.21. The largest absolute Gasteiger partial charge is 0.347 e. The molecule has 0 saturated heterocycles. The number of nitrogens with zero attached hydrogens (tertiary/aromatic N) is 1. The molecular formula is C25H31FN2O. The van der Waals surface area contributed by atoms with E-state index in [0.29, 0.717) is 5.92 Å². The fourth-order valence-corrected chi connectivity index (χ4v) is 3.57. The van der Waals surface area contributed by atoms with Gasteiger partial charge in [-0.1, -0.05) is 58.9 Å². The van der Waals surface area contributed by atoms with Crippen LogP contribution in [0.15, 0.2) is 48.7 Å². The maximum atomic E-state index is 14.6. The molecule has 0 unspecified atom stereocenters. The van der Waals surface area contributed by atoms with E-state index in [1.54, 1.807) is 6.07 Å². The predicted molar refractivity (Wildman–Crippen MR) is 118 cm³/mol. The molecule has 0 aliphatic carbocycles. The van der Waals surface area contributed by atoms with Crippen molar-refractivity contribution < 1.29 is 9.18 Å². The average Bonchev–Trinajstić information content (AvgIpc) is 3.01. The lowest BCUT2D eigenvalue weighted by molar-refractivity contribution is 0.0936. The zero-order chi connectivity index (χ0) is 21.3. The molecule has 0 saturated carbocycles. The molecule has 1 aromatic heterocycles. The minimum absolute atomic E-state index is 0.0265. The lowest BCUT2D eigenvalue weighted by Crippen LogP contribution is -2.27. The predicted octanol–water partition coefficient (Wildman–Crippen LogP) is 6.22. The number of benzene rings is 2. The standard InChI is InChI=1S/C25H31FN2O/c1-16(2)15-28-11-10-19-13-22(26)21(14-23(19)28)24(29)27-17(3)18-8-7-9-20(12-18)25(4,5)6/h7-14,16-17H,15H2,1-6H3,(H,27,29)/t17-/m0/s1. The van der Waals surface area contributed by atoms with Crippen LogP contribution in [0.3, 0.4) is 0 Å². The Bertz CT molecular complexity index is 1030. The number of amides is 1. The number of rotatable bonds is 5. The van der Waals surface area contributed by atoms with Crippen LogP contribution >= 0.6 is 0 Å². The van der Waals surface area contributed by atoms with Gasteiger partial charge in [-0.3, -0.25) is 4.79 Å². The molecule has 0 radical (unpaired) electrons. The van der Waals surface area contributed by atoms with E-state index in [1.807, 2.05) is 31.3 Å². The van der Waals surface area contributed by atoms with E-state index in [2.05, 4.69) is 56.6 Å². The Hall–Kier alpha value is -2.62. The topological polar surface area (TPSA) is 34.0 Å². The third-order valence-electron chi connectivity index (χ3n) is 5.27. The number of nitrogens with one attached hydrogen (secondary N) is 1. The molecule has 2 aromatic carbocycles. The first-order valence-corrected chi connectivity index (χ1v) is 10.3. The average molecular weight is 395 g/mol. The van der Waals surface area contributed by atoms with Gasteiger partial charge in [-0.05, 0) is 47.6 Å². The number of carbonyl (C=O) groups is 1. The minimum Gasteiger partial charge on any atom is -0.347 e. The Morgan fingerprint density at radius 1 is 1.10 bits per heavy atom. The molecule has 3 rings (SSSR count). The Balaban J connectivity index is 1.86. The quantitative estimate of drug-likeness (QED) is 0.547. The summed E-state index contributed by atoms with van der Waals surface area (Å²) in [6.45, 7) is 13.5. The van der Waals surface area contributed by atoms with Crippen LogP contribution in [0.4, 0.5) is 4.39 Å². The van der Waals surface area contributed by atoms with Gasteiger partial charge in [0.15, 0.2) is 0 Å². The molecule has 0 spiro atoms. The van der Waals surface area contributed by atoms with E-state index < -0.39 is 11.7 Å². The van der Waals surface area contributed by atoms with Crippen molar-refractivity contribution in [1.29, 1.82) is 0 Å². The Labute approximate surface area is 172 Å². The third kappa shape index (κ3) is 4.69. The molecular weight excluding hydrogens is 363 g/mol. The van der Waals surface area contributed by atoms with Crippen LogP contribution < -0.4 is 5.32 Å². The van der Waals surface area contributed by atoms with E-state index in [-0.39, 0.29) is 17.0 Å². The van der Waals surface area contributed by atoms with Crippen molar-refractivity contribution in [2.45, 2.75) is 59.5 Å². The summed E-state index contributed by atoms with van der Waals surface area (Å²) < 4.78 is 16.7. The molecule has 1 heterocycles. The van der Waals surface area contributed by atoms with E-state index in [9.17, 15) is 9.18 Å². The van der Waals surface area contributed by atoms with Crippen LogP contribution in [0.5, 0.6) is 0 Å². The number of fused-ring (bicyclic) bond motifs is 1. The monoisotopic (exact) mass is 394 g/mol. The van der Waals surface area contributed by atoms with Gasteiger partial charge in [0.2, 0.25) is 0 Å². The van der Waals surface area contributed by atoms with Gasteiger partial charge in [0.25, 0.3) is 5.91 Å². The van der Waals surface area contributed by atoms with Crippen LogP contribution in [0.2, 0.25) is 0 Å². The molecule has 3 aromatic rings. The number of hydrogen-bond acceptors (Lipinski definition) is 1. The number of carbonyl (C=O) groups excluding carboxylic acids is 1. The molecule has 0 bridgehead atoms. The molecule has 154 valence electrons. The molecule has 0 aliphatic rings. The smallest absolute Gasteiger partial charge is 0.254 e. The van der Waals surface area contributed by atoms with Crippen molar-refractivity contribution in [3.63, 3.8) is 0 Å². The maximum Gasteiger partial charge on any atom is 0.254 e. The van der Waals surface area contributed by atoms with Gasteiger partial charge in [-0.2, -0.15) is 0 Å². The summed E-state index contributed by atoms with van der Waals surface area (Å²) in [5.74, 6) is -0.425. The lowest BCUT2D eigenvalue weighted by Gasteiger charge is -2.22. The number of halogens is 1. The van der Waals surface area contributed by atoms with Gasteiger partial charge in [-0.25, -0.2) is 4.39 Å². The summed E-state index contributed by atoms with van der Waals surface area (Å²) in [4.78, 5) is 12.9. The van der Waals surface area contributed by atoms with Gasteiger partial charge in [0, 0.05) is 23.6 Å². The van der Waals surface area contributed by atoms with Crippen LogP contribution in [0, 0.1) is 11.7 Å². The van der Waals surface area contributed by atoms with Crippen molar-refractivity contribution in [1.82, 2.24) is 9.88 Å². The van der Waals surface area contributed by atoms with Gasteiger partial charge in [0.05, 0.1) is 11.6 Å². The summed E-state index contributed by atoms with van der Waals surface area (Å²) in [5, 5.41) is 3.77. The highest BCUT2D eigenvalue weighted by atomic mass is 19.1.